The number of carbonyl (C=O) groups is 1. The van der Waals surface area contributed by atoms with Gasteiger partial charge in [-0.15, -0.1) is 3.89 Å². The number of nitrogens with two attached hydrogens (primary N) is 1. The third kappa shape index (κ3) is 2.38. The fourth-order valence-electron chi connectivity index (χ4n) is 1.77. The highest BCUT2D eigenvalue weighted by Gasteiger charge is 2.38. The van der Waals surface area contributed by atoms with Crippen molar-refractivity contribution < 1.29 is 17.1 Å². The van der Waals surface area contributed by atoms with Gasteiger partial charge in [0.2, 0.25) is 5.91 Å². The minimum absolute atomic E-state index is 0.151. The Labute approximate surface area is 98.2 Å². The minimum atomic E-state index is -4.67. The van der Waals surface area contributed by atoms with E-state index < -0.39 is 21.4 Å². The number of hydrogen-bond donors (Lipinski definition) is 1. The number of nitrogen functional groups attached to an aromatic ring is 1. The van der Waals surface area contributed by atoms with Gasteiger partial charge in [0, 0.05) is 24.3 Å². The molecule has 0 bridgehead atoms. The zero-order valence-corrected chi connectivity index (χ0v) is 9.65. The van der Waals surface area contributed by atoms with Crippen LogP contribution < -0.4 is 10.6 Å². The third-order valence-electron chi connectivity index (χ3n) is 2.69. The van der Waals surface area contributed by atoms with Crippen molar-refractivity contribution >= 4 is 27.5 Å². The number of carbonyl (C=O) groups excluding carboxylic acids is 1. The molecule has 1 fully saturated rings. The van der Waals surface area contributed by atoms with Crippen LogP contribution in [0.5, 0.6) is 0 Å². The summed E-state index contributed by atoms with van der Waals surface area (Å²) in [6.45, 7) is -0.151. The van der Waals surface area contributed by atoms with Gasteiger partial charge in [-0.2, -0.15) is 8.42 Å². The number of amides is 1. The Kier molecular flexibility index (Phi) is 2.78. The fraction of sp³-hybridized carbons (Fsp3) is 0.300. The normalized spacial score (nSPS) is 20.9. The Bertz CT molecular complexity index is 541. The molecular weight excluding hydrogens is 247 g/mol. The molecule has 1 amide bonds. The largest absolute Gasteiger partial charge is 0.399 e. The summed E-state index contributed by atoms with van der Waals surface area (Å²) in [7, 11) is -4.67. The summed E-state index contributed by atoms with van der Waals surface area (Å²) in [5.41, 5.74) is 6.56. The zero-order valence-electron chi connectivity index (χ0n) is 8.84. The molecule has 0 radical (unpaired) electrons. The number of hydrogen-bond acceptors (Lipinski definition) is 4. The third-order valence-corrected chi connectivity index (χ3v) is 3.80. The van der Waals surface area contributed by atoms with Gasteiger partial charge < -0.3 is 10.6 Å². The van der Waals surface area contributed by atoms with Crippen LogP contribution in [0.4, 0.5) is 15.3 Å². The first-order chi connectivity index (χ1) is 7.88. The maximum atomic E-state index is 12.8. The molecule has 2 rings (SSSR count). The number of nitrogens with zero attached hydrogens (tertiary/aromatic N) is 1. The average Bonchev–Trinajstić information content (AvgIpc) is 2.61. The topological polar surface area (TPSA) is 80.5 Å². The second-order valence-electron chi connectivity index (χ2n) is 3.90. The first kappa shape index (κ1) is 11.8. The van der Waals surface area contributed by atoms with Gasteiger partial charge in [0.25, 0.3) is 0 Å². The molecule has 1 heterocycles. The fourth-order valence-corrected chi connectivity index (χ4v) is 2.44. The van der Waals surface area contributed by atoms with Crippen LogP contribution in [0.1, 0.15) is 6.42 Å². The van der Waals surface area contributed by atoms with E-state index in [1.165, 1.54) is 4.90 Å². The van der Waals surface area contributed by atoms with Crippen molar-refractivity contribution in [1.82, 2.24) is 0 Å². The molecule has 2 N–H and O–H groups in total. The molecule has 0 aliphatic carbocycles. The van der Waals surface area contributed by atoms with Gasteiger partial charge in [-0.25, -0.2) is 0 Å². The van der Waals surface area contributed by atoms with Crippen molar-refractivity contribution in [3.8, 4) is 0 Å². The Morgan fingerprint density at radius 3 is 2.35 bits per heavy atom. The highest BCUT2D eigenvalue weighted by molar-refractivity contribution is 7.87. The van der Waals surface area contributed by atoms with Crippen molar-refractivity contribution in [1.29, 1.82) is 0 Å². The first-order valence-corrected chi connectivity index (χ1v) is 6.42. The Morgan fingerprint density at radius 2 is 1.88 bits per heavy atom. The lowest BCUT2D eigenvalue weighted by molar-refractivity contribution is -0.117. The molecule has 92 valence electrons. The first-order valence-electron chi connectivity index (χ1n) is 4.97. The number of halogens is 1. The van der Waals surface area contributed by atoms with Crippen LogP contribution in [-0.2, 0) is 15.0 Å². The highest BCUT2D eigenvalue weighted by atomic mass is 32.3. The van der Waals surface area contributed by atoms with E-state index >= 15 is 0 Å². The van der Waals surface area contributed by atoms with Crippen LogP contribution in [0, 0.1) is 0 Å². The molecule has 1 aromatic carbocycles. The maximum absolute atomic E-state index is 12.8. The summed E-state index contributed by atoms with van der Waals surface area (Å²) < 4.78 is 34.3. The molecule has 1 unspecified atom stereocenters. The summed E-state index contributed by atoms with van der Waals surface area (Å²) in [6.07, 6.45) is -0.316. The summed E-state index contributed by atoms with van der Waals surface area (Å²) in [5, 5.41) is -1.27. The second kappa shape index (κ2) is 3.99. The van der Waals surface area contributed by atoms with Crippen molar-refractivity contribution in [2.75, 3.05) is 17.2 Å². The Morgan fingerprint density at radius 1 is 1.29 bits per heavy atom. The Hall–Kier alpha value is -1.63. The van der Waals surface area contributed by atoms with Crippen molar-refractivity contribution in [3.05, 3.63) is 24.3 Å². The van der Waals surface area contributed by atoms with E-state index in [1.54, 1.807) is 24.3 Å². The van der Waals surface area contributed by atoms with Crippen molar-refractivity contribution in [2.24, 2.45) is 0 Å². The van der Waals surface area contributed by atoms with E-state index in [-0.39, 0.29) is 13.0 Å². The van der Waals surface area contributed by atoms with E-state index in [2.05, 4.69) is 0 Å². The molecule has 17 heavy (non-hydrogen) atoms. The van der Waals surface area contributed by atoms with E-state index in [9.17, 15) is 17.1 Å². The van der Waals surface area contributed by atoms with Crippen LogP contribution in [-0.4, -0.2) is 26.1 Å². The molecule has 1 aliphatic heterocycles. The number of benzene rings is 1. The molecule has 1 aromatic rings. The van der Waals surface area contributed by atoms with Crippen molar-refractivity contribution in [3.63, 3.8) is 0 Å². The summed E-state index contributed by atoms with van der Waals surface area (Å²) in [6, 6.07) is 6.39. The van der Waals surface area contributed by atoms with Gasteiger partial charge in [-0.1, -0.05) is 0 Å². The average molecular weight is 258 g/mol. The van der Waals surface area contributed by atoms with Crippen molar-refractivity contribution in [2.45, 2.75) is 11.7 Å². The molecule has 7 heteroatoms. The van der Waals surface area contributed by atoms with Gasteiger partial charge in [0.1, 0.15) is 5.25 Å². The molecule has 5 nitrogen and oxygen atoms in total. The van der Waals surface area contributed by atoms with Crippen LogP contribution in [0.3, 0.4) is 0 Å². The van der Waals surface area contributed by atoms with E-state index in [1.807, 2.05) is 0 Å². The lowest BCUT2D eigenvalue weighted by Crippen LogP contribution is -2.26. The van der Waals surface area contributed by atoms with E-state index in [0.29, 0.717) is 11.4 Å². The molecule has 0 spiro atoms. The van der Waals surface area contributed by atoms with Crippen LogP contribution >= 0.6 is 0 Å². The van der Waals surface area contributed by atoms with E-state index in [0.717, 1.165) is 0 Å². The van der Waals surface area contributed by atoms with Gasteiger partial charge in [0.05, 0.1) is 0 Å². The van der Waals surface area contributed by atoms with Gasteiger partial charge in [-0.05, 0) is 24.3 Å². The predicted molar refractivity (Wildman–Crippen MR) is 61.6 cm³/mol. The number of rotatable bonds is 2. The number of anilines is 2. The minimum Gasteiger partial charge on any atom is -0.399 e. The van der Waals surface area contributed by atoms with Crippen LogP contribution in [0.2, 0.25) is 0 Å². The van der Waals surface area contributed by atoms with Gasteiger partial charge >= 0.3 is 10.2 Å². The van der Waals surface area contributed by atoms with Crippen LogP contribution in [0.15, 0.2) is 24.3 Å². The highest BCUT2D eigenvalue weighted by Crippen LogP contribution is 2.26. The monoisotopic (exact) mass is 258 g/mol. The molecule has 1 atom stereocenters. The molecule has 0 saturated carbocycles. The Balaban J connectivity index is 2.24. The summed E-state index contributed by atoms with van der Waals surface area (Å²) in [5.74, 6) is -0.402. The lowest BCUT2D eigenvalue weighted by atomic mass is 10.2. The van der Waals surface area contributed by atoms with Crippen LogP contribution in [0.25, 0.3) is 0 Å². The molecule has 1 saturated heterocycles. The second-order valence-corrected chi connectivity index (χ2v) is 5.52. The SMILES string of the molecule is Nc1ccc(N2CC(S(=O)(=O)F)CC2=O)cc1. The smallest absolute Gasteiger partial charge is 0.307 e. The predicted octanol–water partition coefficient (Wildman–Crippen LogP) is 0.673. The summed E-state index contributed by atoms with van der Waals surface area (Å²) in [4.78, 5) is 12.8. The lowest BCUT2D eigenvalue weighted by Gasteiger charge is -2.15. The maximum Gasteiger partial charge on any atom is 0.307 e. The molecule has 1 aliphatic rings. The van der Waals surface area contributed by atoms with Gasteiger partial charge in [0.15, 0.2) is 0 Å². The molecular formula is C10H11FN2O3S. The summed E-state index contributed by atoms with van der Waals surface area (Å²) >= 11 is 0. The standard InChI is InChI=1S/C10H11FN2O3S/c11-17(15,16)9-5-10(14)13(6-9)8-3-1-7(12)2-4-8/h1-4,9H,5-6,12H2. The molecule has 0 aromatic heterocycles. The zero-order chi connectivity index (χ0) is 12.6. The quantitative estimate of drug-likeness (QED) is 0.624. The van der Waals surface area contributed by atoms with Gasteiger partial charge in [-0.3, -0.25) is 4.79 Å². The van der Waals surface area contributed by atoms with E-state index in [4.69, 9.17) is 5.73 Å².